The maximum atomic E-state index is 4.82. The molecular formula is C43H36P2. The van der Waals surface area contributed by atoms with Gasteiger partial charge >= 0.3 is 0 Å². The fourth-order valence-electron chi connectivity index (χ4n) is 10.0. The standard InChI is InChI=1S/C43H36P2/c1-27-34-32-24-33-41(45-25-42(33,2)36(28-16-8-4-9-17-28)38(45)30-20-12-6-13-21-30)40(32)44-26-43(3,35(27)34)37(29-18-10-5-11-19-29)39(44)31-22-14-7-15-23-31/h4-23,34-35H,1,24-26H2,2-3H3/t34?,35?,42-,43-,44?,45?/m0/s1. The minimum Gasteiger partial charge on any atom is -0.0989 e. The third-order valence-corrected chi connectivity index (χ3v) is 18.0. The molecule has 1 saturated carbocycles. The predicted molar refractivity (Wildman–Crippen MR) is 194 cm³/mol. The van der Waals surface area contributed by atoms with Gasteiger partial charge in [0.15, 0.2) is 0 Å². The summed E-state index contributed by atoms with van der Waals surface area (Å²) in [6.07, 6.45) is 3.68. The first-order valence-corrected chi connectivity index (χ1v) is 19.5. The maximum absolute atomic E-state index is 4.82. The monoisotopic (exact) mass is 614 g/mol. The molecule has 4 aromatic carbocycles. The highest BCUT2D eigenvalue weighted by molar-refractivity contribution is 7.79. The number of hydrogen-bond acceptors (Lipinski definition) is 0. The zero-order chi connectivity index (χ0) is 30.1. The van der Waals surface area contributed by atoms with Gasteiger partial charge in [0.2, 0.25) is 0 Å². The van der Waals surface area contributed by atoms with Gasteiger partial charge in [0.25, 0.3) is 0 Å². The number of allylic oxidation sites excluding steroid dienone is 7. The van der Waals surface area contributed by atoms with Gasteiger partial charge in [-0.1, -0.05) is 147 Å². The minimum atomic E-state index is -0.497. The van der Waals surface area contributed by atoms with Crippen molar-refractivity contribution in [1.82, 2.24) is 0 Å². The Morgan fingerprint density at radius 2 is 1.02 bits per heavy atom. The lowest BCUT2D eigenvalue weighted by Gasteiger charge is -2.32. The molecule has 218 valence electrons. The zero-order valence-electron chi connectivity index (χ0n) is 25.9. The summed E-state index contributed by atoms with van der Waals surface area (Å²) in [7, 11) is -0.950. The largest absolute Gasteiger partial charge is 0.0989 e. The summed E-state index contributed by atoms with van der Waals surface area (Å²) in [6.45, 7) is 10.0. The molecule has 0 N–H and O–H groups in total. The van der Waals surface area contributed by atoms with Crippen molar-refractivity contribution in [3.63, 3.8) is 0 Å². The van der Waals surface area contributed by atoms with Crippen LogP contribution < -0.4 is 0 Å². The van der Waals surface area contributed by atoms with E-state index in [2.05, 4.69) is 135 Å². The van der Waals surface area contributed by atoms with Crippen LogP contribution in [-0.4, -0.2) is 12.3 Å². The summed E-state index contributed by atoms with van der Waals surface area (Å²) in [5, 5.41) is 6.90. The Labute approximate surface area is 269 Å². The Balaban J connectivity index is 1.22. The Morgan fingerprint density at radius 3 is 1.58 bits per heavy atom. The maximum Gasteiger partial charge on any atom is 0.0204 e. The van der Waals surface area contributed by atoms with Crippen molar-refractivity contribution < 1.29 is 0 Å². The normalized spacial score (nSPS) is 32.3. The molecule has 0 amide bonds. The van der Waals surface area contributed by atoms with Crippen LogP contribution in [0.3, 0.4) is 0 Å². The fraction of sp³-hybridized carbons (Fsp3) is 0.209. The molecule has 6 aliphatic rings. The topological polar surface area (TPSA) is 0 Å². The molecule has 1 fully saturated rings. The lowest BCUT2D eigenvalue weighted by Crippen LogP contribution is -2.23. The fourth-order valence-corrected chi connectivity index (χ4v) is 18.1. The van der Waals surface area contributed by atoms with Gasteiger partial charge in [0.05, 0.1) is 0 Å². The second-order valence-corrected chi connectivity index (χ2v) is 18.4. The molecule has 4 unspecified atom stereocenters. The third-order valence-electron chi connectivity index (χ3n) is 11.8. The second-order valence-electron chi connectivity index (χ2n) is 14.2. The van der Waals surface area contributed by atoms with Crippen molar-refractivity contribution in [2.24, 2.45) is 22.7 Å². The van der Waals surface area contributed by atoms with Crippen molar-refractivity contribution in [2.75, 3.05) is 12.3 Å². The Kier molecular flexibility index (Phi) is 5.48. The molecule has 0 spiro atoms. The summed E-state index contributed by atoms with van der Waals surface area (Å²) in [5.74, 6) is 1.08. The highest BCUT2D eigenvalue weighted by atomic mass is 31.1. The van der Waals surface area contributed by atoms with E-state index in [9.17, 15) is 0 Å². The van der Waals surface area contributed by atoms with Crippen LogP contribution in [0.1, 0.15) is 42.5 Å². The first-order chi connectivity index (χ1) is 22.0. The van der Waals surface area contributed by atoms with Gasteiger partial charge in [-0.05, 0) is 100 Å². The van der Waals surface area contributed by atoms with Crippen LogP contribution in [-0.2, 0) is 0 Å². The molecule has 0 aromatic heterocycles. The number of benzene rings is 4. The van der Waals surface area contributed by atoms with Gasteiger partial charge in [-0.15, -0.1) is 0 Å². The third kappa shape index (κ3) is 3.41. The lowest BCUT2D eigenvalue weighted by atomic mass is 9.72. The van der Waals surface area contributed by atoms with Gasteiger partial charge in [-0.2, -0.15) is 0 Å². The summed E-state index contributed by atoms with van der Waals surface area (Å²) < 4.78 is 0. The number of fused-ring (bicyclic) bond motifs is 11. The van der Waals surface area contributed by atoms with Gasteiger partial charge < -0.3 is 0 Å². The summed E-state index contributed by atoms with van der Waals surface area (Å²) in [4.78, 5) is 0. The first-order valence-electron chi connectivity index (χ1n) is 16.4. The second kappa shape index (κ2) is 9.26. The Hall–Kier alpha value is -3.56. The van der Waals surface area contributed by atoms with Crippen LogP contribution in [0.25, 0.3) is 21.8 Å². The van der Waals surface area contributed by atoms with E-state index in [-0.39, 0.29) is 10.8 Å². The Bertz CT molecular complexity index is 2060. The van der Waals surface area contributed by atoms with Gasteiger partial charge in [-0.25, -0.2) is 0 Å². The van der Waals surface area contributed by atoms with Crippen molar-refractivity contribution in [2.45, 2.75) is 20.3 Å². The van der Waals surface area contributed by atoms with E-state index >= 15 is 0 Å². The smallest absolute Gasteiger partial charge is 0.0204 e. The number of rotatable bonds is 4. The average Bonchev–Trinajstić information content (AvgIpc) is 3.33. The SMILES string of the molecule is C=C1C2C3=C(C4=C(C3)[C@]3(C)CP4C(c4ccccc4)=C3c3ccccc3)P3C[C@](C)(C(c4ccccc4)=C3c3ccccc3)C12. The summed E-state index contributed by atoms with van der Waals surface area (Å²) in [5.41, 5.74) is 14.2. The molecule has 0 saturated heterocycles. The highest BCUT2D eigenvalue weighted by Gasteiger charge is 2.67. The van der Waals surface area contributed by atoms with E-state index in [1.54, 1.807) is 43.5 Å². The quantitative estimate of drug-likeness (QED) is 0.158. The zero-order valence-corrected chi connectivity index (χ0v) is 27.7. The first kappa shape index (κ1) is 26.6. The van der Waals surface area contributed by atoms with E-state index in [0.29, 0.717) is 11.8 Å². The molecule has 4 aromatic rings. The highest BCUT2D eigenvalue weighted by Crippen LogP contribution is 2.89. The number of hydrogen-bond donors (Lipinski definition) is 0. The van der Waals surface area contributed by atoms with Crippen LogP contribution in [0, 0.1) is 22.7 Å². The molecule has 4 heterocycles. The Morgan fingerprint density at radius 1 is 0.556 bits per heavy atom. The van der Waals surface area contributed by atoms with E-state index in [1.165, 1.54) is 40.2 Å². The molecule has 4 bridgehead atoms. The average molecular weight is 615 g/mol. The molecule has 4 aliphatic heterocycles. The molecule has 2 heteroatoms. The molecule has 45 heavy (non-hydrogen) atoms. The van der Waals surface area contributed by atoms with Crippen molar-refractivity contribution in [3.8, 4) is 0 Å². The van der Waals surface area contributed by atoms with E-state index < -0.39 is 15.8 Å². The van der Waals surface area contributed by atoms with Crippen LogP contribution >= 0.6 is 15.8 Å². The van der Waals surface area contributed by atoms with Crippen LogP contribution in [0.2, 0.25) is 0 Å². The van der Waals surface area contributed by atoms with Crippen LogP contribution in [0.4, 0.5) is 0 Å². The summed E-state index contributed by atoms with van der Waals surface area (Å²) in [6, 6.07) is 45.6. The molecular weight excluding hydrogens is 578 g/mol. The molecule has 0 radical (unpaired) electrons. The van der Waals surface area contributed by atoms with E-state index in [4.69, 9.17) is 6.58 Å². The van der Waals surface area contributed by atoms with Gasteiger partial charge in [0.1, 0.15) is 0 Å². The molecule has 2 aliphatic carbocycles. The summed E-state index contributed by atoms with van der Waals surface area (Å²) >= 11 is 0. The van der Waals surface area contributed by atoms with E-state index in [0.717, 1.165) is 6.42 Å². The molecule has 10 rings (SSSR count). The van der Waals surface area contributed by atoms with Crippen LogP contribution in [0.5, 0.6) is 0 Å². The van der Waals surface area contributed by atoms with Gasteiger partial charge in [-0.3, -0.25) is 0 Å². The van der Waals surface area contributed by atoms with E-state index in [1.807, 2.05) is 0 Å². The van der Waals surface area contributed by atoms with Crippen molar-refractivity contribution >= 4 is 37.6 Å². The minimum absolute atomic E-state index is 0.0860. The van der Waals surface area contributed by atoms with Crippen molar-refractivity contribution in [1.29, 1.82) is 0 Å². The molecule has 0 nitrogen and oxygen atoms in total. The van der Waals surface area contributed by atoms with Crippen LogP contribution in [0.15, 0.2) is 155 Å². The van der Waals surface area contributed by atoms with Crippen molar-refractivity contribution in [3.05, 3.63) is 178 Å². The molecule has 6 atom stereocenters. The lowest BCUT2D eigenvalue weighted by molar-refractivity contribution is 0.433. The predicted octanol–water partition coefficient (Wildman–Crippen LogP) is 11.9. The van der Waals surface area contributed by atoms with Gasteiger partial charge in [0, 0.05) is 22.7 Å².